The molecule has 132 valence electrons. The topological polar surface area (TPSA) is 101 Å². The number of nitrogens with one attached hydrogen (secondary N) is 1. The maximum atomic E-state index is 12.5. The highest BCUT2D eigenvalue weighted by Gasteiger charge is 2.36. The normalized spacial score (nSPS) is 22.7. The quantitative estimate of drug-likeness (QED) is 0.879. The summed E-state index contributed by atoms with van der Waals surface area (Å²) in [5, 5.41) is 6.86. The molecule has 0 saturated carbocycles. The minimum Gasteiger partial charge on any atom is -0.461 e. The number of hydrogen-bond acceptors (Lipinski definition) is 6. The van der Waals surface area contributed by atoms with Gasteiger partial charge >= 0.3 is 0 Å². The Morgan fingerprint density at radius 2 is 2.28 bits per heavy atom. The van der Waals surface area contributed by atoms with Gasteiger partial charge in [0.2, 0.25) is 23.5 Å². The molecule has 2 bridgehead atoms. The minimum atomic E-state index is -0.0607. The highest BCUT2D eigenvalue weighted by Crippen LogP contribution is 2.23. The zero-order chi connectivity index (χ0) is 17.2. The Kier molecular flexibility index (Phi) is 4.25. The average Bonchev–Trinajstić information content (AvgIpc) is 3.21. The van der Waals surface area contributed by atoms with Crippen LogP contribution in [0.3, 0.4) is 0 Å². The summed E-state index contributed by atoms with van der Waals surface area (Å²) in [6, 6.07) is 3.63. The molecule has 3 aliphatic heterocycles. The molecule has 2 aromatic heterocycles. The van der Waals surface area contributed by atoms with Crippen molar-refractivity contribution in [2.45, 2.75) is 38.1 Å². The molecule has 5 rings (SSSR count). The van der Waals surface area contributed by atoms with Gasteiger partial charge in [-0.15, -0.1) is 0 Å². The Hall–Kier alpha value is -2.64. The van der Waals surface area contributed by atoms with Gasteiger partial charge in [-0.1, -0.05) is 5.16 Å². The number of piperidine rings is 1. The van der Waals surface area contributed by atoms with Crippen molar-refractivity contribution in [1.29, 1.82) is 0 Å². The first-order chi connectivity index (χ1) is 12.2. The standard InChI is InChI=1S/C17H20N4O4/c22-15(21-9-11-6-7-12(10-21)18-17(11)23)5-1-4-14-19-16(20-25-14)13-3-2-8-24-13/h2-3,8,11-12H,1,4-7,9-10H2,(H,18,23)/t11-,12+/m1/s1. The third-order valence-corrected chi connectivity index (χ3v) is 4.81. The molecule has 2 aromatic rings. The fourth-order valence-electron chi connectivity index (χ4n) is 3.46. The van der Waals surface area contributed by atoms with E-state index in [9.17, 15) is 9.59 Å². The summed E-state index contributed by atoms with van der Waals surface area (Å²) in [5.74, 6) is 1.58. The number of nitrogens with zero attached hydrogens (tertiary/aromatic N) is 3. The maximum absolute atomic E-state index is 12.5. The second-order valence-electron chi connectivity index (χ2n) is 6.62. The molecule has 2 atom stereocenters. The molecule has 0 radical (unpaired) electrons. The van der Waals surface area contributed by atoms with E-state index in [4.69, 9.17) is 8.94 Å². The fourth-order valence-corrected chi connectivity index (χ4v) is 3.46. The van der Waals surface area contributed by atoms with E-state index in [1.807, 2.05) is 4.90 Å². The number of rotatable bonds is 5. The van der Waals surface area contributed by atoms with E-state index in [-0.39, 0.29) is 23.8 Å². The average molecular weight is 344 g/mol. The molecule has 0 aliphatic carbocycles. The van der Waals surface area contributed by atoms with E-state index in [1.165, 1.54) is 0 Å². The molecular weight excluding hydrogens is 324 g/mol. The molecule has 5 heterocycles. The Morgan fingerprint density at radius 3 is 3.08 bits per heavy atom. The number of amides is 2. The minimum absolute atomic E-state index is 0.0607. The molecular formula is C17H20N4O4. The van der Waals surface area contributed by atoms with Gasteiger partial charge in [-0.05, 0) is 31.4 Å². The second kappa shape index (κ2) is 6.70. The van der Waals surface area contributed by atoms with Crippen LogP contribution in [0.5, 0.6) is 0 Å². The van der Waals surface area contributed by atoms with E-state index in [0.717, 1.165) is 12.8 Å². The number of aryl methyl sites for hydroxylation is 1. The molecule has 0 aromatic carbocycles. The number of carbonyl (C=O) groups excluding carboxylic acids is 2. The third-order valence-electron chi connectivity index (χ3n) is 4.81. The van der Waals surface area contributed by atoms with E-state index < -0.39 is 0 Å². The van der Waals surface area contributed by atoms with Crippen molar-refractivity contribution in [3.63, 3.8) is 0 Å². The first-order valence-electron chi connectivity index (χ1n) is 8.63. The van der Waals surface area contributed by atoms with E-state index in [0.29, 0.717) is 49.8 Å². The van der Waals surface area contributed by atoms with Crippen molar-refractivity contribution in [2.24, 2.45) is 5.92 Å². The molecule has 2 amide bonds. The van der Waals surface area contributed by atoms with Crippen LogP contribution in [0.15, 0.2) is 27.3 Å². The molecule has 8 nitrogen and oxygen atoms in total. The Bertz CT molecular complexity index is 755. The zero-order valence-corrected chi connectivity index (χ0v) is 13.8. The Labute approximate surface area is 144 Å². The highest BCUT2D eigenvalue weighted by molar-refractivity contribution is 5.83. The molecule has 0 unspecified atom stereocenters. The van der Waals surface area contributed by atoms with Crippen LogP contribution in [0, 0.1) is 5.92 Å². The molecule has 3 saturated heterocycles. The molecule has 1 N–H and O–H groups in total. The summed E-state index contributed by atoms with van der Waals surface area (Å²) in [5.41, 5.74) is 0. The van der Waals surface area contributed by atoms with Gasteiger partial charge in [0.25, 0.3) is 0 Å². The predicted molar refractivity (Wildman–Crippen MR) is 86.2 cm³/mol. The fraction of sp³-hybridized carbons (Fsp3) is 0.529. The molecule has 0 spiro atoms. The van der Waals surface area contributed by atoms with Gasteiger partial charge in [-0.2, -0.15) is 4.98 Å². The largest absolute Gasteiger partial charge is 0.461 e. The first-order valence-corrected chi connectivity index (χ1v) is 8.63. The number of aromatic nitrogens is 2. The highest BCUT2D eigenvalue weighted by atomic mass is 16.5. The molecule has 8 heteroatoms. The van der Waals surface area contributed by atoms with Crippen LogP contribution in [-0.4, -0.2) is 46.0 Å². The van der Waals surface area contributed by atoms with Crippen molar-refractivity contribution < 1.29 is 18.5 Å². The number of furan rings is 1. The van der Waals surface area contributed by atoms with Crippen LogP contribution >= 0.6 is 0 Å². The Morgan fingerprint density at radius 1 is 1.36 bits per heavy atom. The van der Waals surface area contributed by atoms with Gasteiger partial charge < -0.3 is 19.2 Å². The van der Waals surface area contributed by atoms with Gasteiger partial charge in [0.05, 0.1) is 12.2 Å². The lowest BCUT2D eigenvalue weighted by atomic mass is 9.96. The lowest BCUT2D eigenvalue weighted by Crippen LogP contribution is -2.43. The van der Waals surface area contributed by atoms with Crippen LogP contribution in [0.4, 0.5) is 0 Å². The maximum Gasteiger partial charge on any atom is 0.238 e. The summed E-state index contributed by atoms with van der Waals surface area (Å²) >= 11 is 0. The van der Waals surface area contributed by atoms with Gasteiger partial charge in [-0.25, -0.2) is 0 Å². The van der Waals surface area contributed by atoms with Crippen LogP contribution in [-0.2, 0) is 16.0 Å². The van der Waals surface area contributed by atoms with E-state index in [2.05, 4.69) is 15.5 Å². The van der Waals surface area contributed by atoms with Crippen LogP contribution in [0.1, 0.15) is 31.6 Å². The summed E-state index contributed by atoms with van der Waals surface area (Å²) in [7, 11) is 0. The summed E-state index contributed by atoms with van der Waals surface area (Å²) < 4.78 is 10.4. The monoisotopic (exact) mass is 344 g/mol. The molecule has 25 heavy (non-hydrogen) atoms. The van der Waals surface area contributed by atoms with Crippen molar-refractivity contribution >= 4 is 11.8 Å². The number of hydrogen-bond donors (Lipinski definition) is 1. The second-order valence-corrected chi connectivity index (χ2v) is 6.62. The predicted octanol–water partition coefficient (Wildman–Crippen LogP) is 1.39. The lowest BCUT2D eigenvalue weighted by molar-refractivity contribution is -0.132. The number of carbonyl (C=O) groups is 2. The first kappa shape index (κ1) is 15.9. The van der Waals surface area contributed by atoms with Gasteiger partial charge in [0, 0.05) is 32.0 Å². The smallest absolute Gasteiger partial charge is 0.238 e. The molecule has 3 aliphatic rings. The third kappa shape index (κ3) is 3.42. The zero-order valence-electron chi connectivity index (χ0n) is 13.8. The van der Waals surface area contributed by atoms with Gasteiger partial charge in [0.15, 0.2) is 5.76 Å². The van der Waals surface area contributed by atoms with E-state index >= 15 is 0 Å². The lowest BCUT2D eigenvalue weighted by Gasteiger charge is -2.22. The number of fused-ring (bicyclic) bond motifs is 4. The van der Waals surface area contributed by atoms with Crippen LogP contribution < -0.4 is 5.32 Å². The SMILES string of the molecule is O=C1N[C@H]2CC[C@@H]1CN(C(=O)CCCc1nc(-c3ccco3)no1)C2. The van der Waals surface area contributed by atoms with Gasteiger partial charge in [0.1, 0.15) is 0 Å². The van der Waals surface area contributed by atoms with Crippen molar-refractivity contribution in [2.75, 3.05) is 13.1 Å². The summed E-state index contributed by atoms with van der Waals surface area (Å²) in [6.45, 7) is 1.15. The molecule has 3 fully saturated rings. The Balaban J connectivity index is 1.29. The van der Waals surface area contributed by atoms with Gasteiger partial charge in [-0.3, -0.25) is 9.59 Å². The van der Waals surface area contributed by atoms with Crippen LogP contribution in [0.25, 0.3) is 11.6 Å². The van der Waals surface area contributed by atoms with Crippen LogP contribution in [0.2, 0.25) is 0 Å². The van der Waals surface area contributed by atoms with Crippen molar-refractivity contribution in [1.82, 2.24) is 20.4 Å². The van der Waals surface area contributed by atoms with Crippen molar-refractivity contribution in [3.8, 4) is 11.6 Å². The van der Waals surface area contributed by atoms with E-state index in [1.54, 1.807) is 18.4 Å². The summed E-state index contributed by atoms with van der Waals surface area (Å²) in [4.78, 5) is 30.4. The summed E-state index contributed by atoms with van der Waals surface area (Å²) in [6.07, 6.45) is 4.96. The van der Waals surface area contributed by atoms with Crippen molar-refractivity contribution in [3.05, 3.63) is 24.3 Å².